The Labute approximate surface area is 134 Å². The average molecular weight is 309 g/mol. The largest absolute Gasteiger partial charge is 0.322 e. The summed E-state index contributed by atoms with van der Waals surface area (Å²) in [6, 6.07) is 13.2. The zero-order valence-corrected chi connectivity index (χ0v) is 13.2. The van der Waals surface area contributed by atoms with Gasteiger partial charge in [0.15, 0.2) is 0 Å². The van der Waals surface area contributed by atoms with E-state index in [4.69, 9.17) is 0 Å². The minimum Gasteiger partial charge on any atom is -0.322 e. The fourth-order valence-corrected chi connectivity index (χ4v) is 2.43. The highest BCUT2D eigenvalue weighted by molar-refractivity contribution is 6.06. The quantitative estimate of drug-likeness (QED) is 0.759. The Morgan fingerprint density at radius 3 is 2.87 bits per heavy atom. The van der Waals surface area contributed by atoms with E-state index in [1.54, 1.807) is 16.8 Å². The van der Waals surface area contributed by atoms with Gasteiger partial charge in [0.1, 0.15) is 5.52 Å². The van der Waals surface area contributed by atoms with Crippen LogP contribution in [-0.2, 0) is 13.6 Å². The van der Waals surface area contributed by atoms with E-state index in [1.165, 1.54) is 0 Å². The van der Waals surface area contributed by atoms with Crippen molar-refractivity contribution in [1.82, 2.24) is 20.3 Å². The smallest absolute Gasteiger partial charge is 0.255 e. The third-order valence-corrected chi connectivity index (χ3v) is 3.70. The Balaban J connectivity index is 1.83. The molecule has 0 saturated carbocycles. The van der Waals surface area contributed by atoms with Gasteiger partial charge in [0.05, 0.1) is 5.52 Å². The van der Waals surface area contributed by atoms with Crippen molar-refractivity contribution in [2.24, 2.45) is 7.05 Å². The summed E-state index contributed by atoms with van der Waals surface area (Å²) in [5.74, 6) is -0.151. The van der Waals surface area contributed by atoms with E-state index in [0.29, 0.717) is 11.1 Å². The number of carbonyl (C=O) groups is 1. The highest BCUT2D eigenvalue weighted by Gasteiger charge is 2.11. The first-order valence-corrected chi connectivity index (χ1v) is 7.58. The molecule has 0 radical (unpaired) electrons. The Bertz CT molecular complexity index is 840. The van der Waals surface area contributed by atoms with Gasteiger partial charge in [-0.1, -0.05) is 30.3 Å². The van der Waals surface area contributed by atoms with Crippen molar-refractivity contribution in [1.29, 1.82) is 0 Å². The van der Waals surface area contributed by atoms with Crippen molar-refractivity contribution in [2.45, 2.75) is 13.5 Å². The van der Waals surface area contributed by atoms with E-state index < -0.39 is 0 Å². The van der Waals surface area contributed by atoms with Crippen LogP contribution in [0.1, 0.15) is 22.8 Å². The number of hydrogen-bond donors (Lipinski definition) is 2. The van der Waals surface area contributed by atoms with Gasteiger partial charge in [-0.15, -0.1) is 5.10 Å². The van der Waals surface area contributed by atoms with Crippen molar-refractivity contribution in [2.75, 3.05) is 11.9 Å². The molecule has 1 aromatic heterocycles. The molecule has 0 saturated heterocycles. The number of carbonyl (C=O) groups excluding carboxylic acids is 1. The second kappa shape index (κ2) is 6.58. The first kappa shape index (κ1) is 15.2. The predicted octanol–water partition coefficient (Wildman–Crippen LogP) is 2.33. The molecule has 2 N–H and O–H groups in total. The topological polar surface area (TPSA) is 71.8 Å². The standard InChI is InChI=1S/C17H19N5O/c1-3-18-11-13-6-4-5-7-14(13)19-17(23)12-8-9-16-15(10-12)20-21-22(16)2/h4-10,18H,3,11H2,1-2H3,(H,19,23). The van der Waals surface area contributed by atoms with Crippen LogP contribution >= 0.6 is 0 Å². The minimum atomic E-state index is -0.151. The third-order valence-electron chi connectivity index (χ3n) is 3.70. The summed E-state index contributed by atoms with van der Waals surface area (Å²) in [6.07, 6.45) is 0. The molecule has 0 aliphatic carbocycles. The van der Waals surface area contributed by atoms with Gasteiger partial charge in [-0.2, -0.15) is 0 Å². The van der Waals surface area contributed by atoms with Crippen LogP contribution in [0.15, 0.2) is 42.5 Å². The monoisotopic (exact) mass is 309 g/mol. The second-order valence-electron chi connectivity index (χ2n) is 5.31. The van der Waals surface area contributed by atoms with Gasteiger partial charge >= 0.3 is 0 Å². The van der Waals surface area contributed by atoms with Gasteiger partial charge in [-0.3, -0.25) is 4.79 Å². The highest BCUT2D eigenvalue weighted by Crippen LogP contribution is 2.18. The summed E-state index contributed by atoms with van der Waals surface area (Å²) in [5, 5.41) is 14.2. The second-order valence-corrected chi connectivity index (χ2v) is 5.31. The summed E-state index contributed by atoms with van der Waals surface area (Å²) in [4.78, 5) is 12.5. The predicted molar refractivity (Wildman–Crippen MR) is 90.3 cm³/mol. The number of nitrogens with one attached hydrogen (secondary N) is 2. The number of benzene rings is 2. The zero-order chi connectivity index (χ0) is 16.2. The Hall–Kier alpha value is -2.73. The number of aryl methyl sites for hydroxylation is 1. The van der Waals surface area contributed by atoms with E-state index in [0.717, 1.165) is 29.9 Å². The maximum absolute atomic E-state index is 12.5. The lowest BCUT2D eigenvalue weighted by molar-refractivity contribution is 0.102. The van der Waals surface area contributed by atoms with Gasteiger partial charge < -0.3 is 10.6 Å². The lowest BCUT2D eigenvalue weighted by Gasteiger charge is -2.11. The summed E-state index contributed by atoms with van der Waals surface area (Å²) >= 11 is 0. The SMILES string of the molecule is CCNCc1ccccc1NC(=O)c1ccc2c(c1)nnn2C. The van der Waals surface area contributed by atoms with Crippen LogP contribution in [0.3, 0.4) is 0 Å². The molecule has 6 nitrogen and oxygen atoms in total. The normalized spacial score (nSPS) is 10.9. The molecule has 0 bridgehead atoms. The van der Waals surface area contributed by atoms with Gasteiger partial charge in [0, 0.05) is 24.8 Å². The van der Waals surface area contributed by atoms with Crippen LogP contribution < -0.4 is 10.6 Å². The van der Waals surface area contributed by atoms with Crippen molar-refractivity contribution in [3.05, 3.63) is 53.6 Å². The number of amides is 1. The average Bonchev–Trinajstić information content (AvgIpc) is 2.94. The molecule has 23 heavy (non-hydrogen) atoms. The molecule has 1 heterocycles. The zero-order valence-electron chi connectivity index (χ0n) is 13.2. The number of fused-ring (bicyclic) bond motifs is 1. The van der Waals surface area contributed by atoms with E-state index in [2.05, 4.69) is 27.9 Å². The van der Waals surface area contributed by atoms with Crippen LogP contribution in [0.4, 0.5) is 5.69 Å². The minimum absolute atomic E-state index is 0.151. The van der Waals surface area contributed by atoms with E-state index in [1.807, 2.05) is 37.4 Å². The van der Waals surface area contributed by atoms with Crippen LogP contribution in [0.25, 0.3) is 11.0 Å². The molecule has 0 aliphatic heterocycles. The fourth-order valence-electron chi connectivity index (χ4n) is 2.43. The molecular formula is C17H19N5O. The first-order chi connectivity index (χ1) is 11.2. The number of nitrogens with zero attached hydrogens (tertiary/aromatic N) is 3. The van der Waals surface area contributed by atoms with Crippen molar-refractivity contribution < 1.29 is 4.79 Å². The number of anilines is 1. The maximum atomic E-state index is 12.5. The highest BCUT2D eigenvalue weighted by atomic mass is 16.1. The molecule has 1 amide bonds. The molecule has 0 aliphatic rings. The van der Waals surface area contributed by atoms with Crippen LogP contribution in [-0.4, -0.2) is 27.4 Å². The number of rotatable bonds is 5. The van der Waals surface area contributed by atoms with Gasteiger partial charge in [0.25, 0.3) is 5.91 Å². The van der Waals surface area contributed by atoms with Crippen LogP contribution in [0.2, 0.25) is 0 Å². The Morgan fingerprint density at radius 2 is 2.04 bits per heavy atom. The summed E-state index contributed by atoms with van der Waals surface area (Å²) in [7, 11) is 1.83. The third kappa shape index (κ3) is 3.22. The molecule has 0 unspecified atom stereocenters. The lowest BCUT2D eigenvalue weighted by atomic mass is 10.1. The van der Waals surface area contributed by atoms with E-state index in [9.17, 15) is 4.79 Å². The summed E-state index contributed by atoms with van der Waals surface area (Å²) in [5.41, 5.74) is 4.05. The van der Waals surface area contributed by atoms with E-state index in [-0.39, 0.29) is 5.91 Å². The summed E-state index contributed by atoms with van der Waals surface area (Å²) < 4.78 is 1.68. The van der Waals surface area contributed by atoms with Gasteiger partial charge in [-0.05, 0) is 36.4 Å². The molecule has 118 valence electrons. The van der Waals surface area contributed by atoms with Crippen molar-refractivity contribution in [3.8, 4) is 0 Å². The number of hydrogen-bond acceptors (Lipinski definition) is 4. The van der Waals surface area contributed by atoms with Gasteiger partial charge in [-0.25, -0.2) is 4.68 Å². The van der Waals surface area contributed by atoms with Crippen molar-refractivity contribution >= 4 is 22.6 Å². The number of aromatic nitrogens is 3. The fraction of sp³-hybridized carbons (Fsp3) is 0.235. The van der Waals surface area contributed by atoms with Crippen LogP contribution in [0.5, 0.6) is 0 Å². The molecule has 6 heteroatoms. The first-order valence-electron chi connectivity index (χ1n) is 7.58. The van der Waals surface area contributed by atoms with Gasteiger partial charge in [0.2, 0.25) is 0 Å². The molecule has 3 aromatic rings. The van der Waals surface area contributed by atoms with Crippen molar-refractivity contribution in [3.63, 3.8) is 0 Å². The molecule has 0 spiro atoms. The summed E-state index contributed by atoms with van der Waals surface area (Å²) in [6.45, 7) is 3.65. The van der Waals surface area contributed by atoms with E-state index >= 15 is 0 Å². The molecule has 2 aromatic carbocycles. The molecule has 3 rings (SSSR count). The Kier molecular flexibility index (Phi) is 4.34. The molecule has 0 atom stereocenters. The maximum Gasteiger partial charge on any atom is 0.255 e. The lowest BCUT2D eigenvalue weighted by Crippen LogP contribution is -2.17. The molecule has 0 fully saturated rings. The molecular weight excluding hydrogens is 290 g/mol. The van der Waals surface area contributed by atoms with Crippen LogP contribution in [0, 0.1) is 0 Å². The number of para-hydroxylation sites is 1. The Morgan fingerprint density at radius 1 is 1.22 bits per heavy atom.